The van der Waals surface area contributed by atoms with Crippen molar-refractivity contribution in [3.63, 3.8) is 0 Å². The molecule has 1 aliphatic carbocycles. The highest BCUT2D eigenvalue weighted by Crippen LogP contribution is 2.45. The Kier molecular flexibility index (Phi) is 5.86. The van der Waals surface area contributed by atoms with Gasteiger partial charge in [0.05, 0.1) is 11.0 Å². The molecule has 0 spiro atoms. The lowest BCUT2D eigenvalue weighted by Crippen LogP contribution is -2.28. The summed E-state index contributed by atoms with van der Waals surface area (Å²) < 4.78 is 12.6. The van der Waals surface area contributed by atoms with Crippen LogP contribution in [0.5, 0.6) is 0 Å². The van der Waals surface area contributed by atoms with Crippen molar-refractivity contribution in [2.24, 2.45) is 0 Å². The van der Waals surface area contributed by atoms with Crippen LogP contribution < -0.4 is 5.32 Å². The lowest BCUT2D eigenvalue weighted by Gasteiger charge is -2.21. The standard InChI is InChI=1S/C30H29N3O5/c1-29(2,3)37-27(35)31-17-15-20-24(18-11-7-8-12-19(18)25(20)34)21(16-17)26-32-22-13-9-10-14-23(22)33(26)28(36)38-30(4,5)6/h7-16H,1-6H3,(H,31,35). The van der Waals surface area contributed by atoms with Gasteiger partial charge in [0.2, 0.25) is 0 Å². The molecule has 1 amide bonds. The second-order valence-electron chi connectivity index (χ2n) is 11.2. The summed E-state index contributed by atoms with van der Waals surface area (Å²) >= 11 is 0. The molecule has 1 heterocycles. The maximum Gasteiger partial charge on any atom is 0.420 e. The number of para-hydroxylation sites is 2. The molecule has 194 valence electrons. The number of ketones is 1. The Labute approximate surface area is 220 Å². The normalized spacial score (nSPS) is 12.7. The summed E-state index contributed by atoms with van der Waals surface area (Å²) in [5.41, 5.74) is 2.86. The lowest BCUT2D eigenvalue weighted by atomic mass is 9.97. The van der Waals surface area contributed by atoms with Gasteiger partial charge in [-0.1, -0.05) is 36.4 Å². The Balaban J connectivity index is 1.76. The van der Waals surface area contributed by atoms with Gasteiger partial charge in [0, 0.05) is 27.9 Å². The van der Waals surface area contributed by atoms with Crippen LogP contribution in [0.4, 0.5) is 15.3 Å². The van der Waals surface area contributed by atoms with E-state index >= 15 is 0 Å². The van der Waals surface area contributed by atoms with Gasteiger partial charge in [0.25, 0.3) is 0 Å². The average Bonchev–Trinajstić information content (AvgIpc) is 3.33. The second-order valence-corrected chi connectivity index (χ2v) is 11.2. The summed E-state index contributed by atoms with van der Waals surface area (Å²) in [6.07, 6.45) is -1.26. The van der Waals surface area contributed by atoms with E-state index in [-0.39, 0.29) is 5.78 Å². The number of carbonyl (C=O) groups excluding carboxylic acids is 3. The van der Waals surface area contributed by atoms with Crippen molar-refractivity contribution in [3.8, 4) is 22.5 Å². The highest BCUT2D eigenvalue weighted by atomic mass is 16.6. The highest BCUT2D eigenvalue weighted by molar-refractivity contribution is 6.24. The zero-order chi connectivity index (χ0) is 27.4. The van der Waals surface area contributed by atoms with Crippen molar-refractivity contribution in [3.05, 3.63) is 71.8 Å². The highest BCUT2D eigenvalue weighted by Gasteiger charge is 2.33. The monoisotopic (exact) mass is 511 g/mol. The molecule has 38 heavy (non-hydrogen) atoms. The van der Waals surface area contributed by atoms with Crippen LogP contribution in [0.25, 0.3) is 33.5 Å². The third-order valence-corrected chi connectivity index (χ3v) is 5.85. The molecule has 1 aliphatic rings. The predicted molar refractivity (Wildman–Crippen MR) is 146 cm³/mol. The fourth-order valence-electron chi connectivity index (χ4n) is 4.52. The predicted octanol–water partition coefficient (Wildman–Crippen LogP) is 7.04. The Morgan fingerprint density at radius 3 is 2.08 bits per heavy atom. The van der Waals surface area contributed by atoms with E-state index in [1.54, 1.807) is 71.9 Å². The minimum Gasteiger partial charge on any atom is -0.444 e. The van der Waals surface area contributed by atoms with Crippen LogP contribution in [0.1, 0.15) is 57.5 Å². The van der Waals surface area contributed by atoms with Crippen LogP contribution in [-0.4, -0.2) is 38.7 Å². The van der Waals surface area contributed by atoms with Gasteiger partial charge in [-0.15, -0.1) is 0 Å². The first kappa shape index (κ1) is 25.2. The van der Waals surface area contributed by atoms with E-state index in [9.17, 15) is 14.4 Å². The molecule has 0 aliphatic heterocycles. The second kappa shape index (κ2) is 8.83. The van der Waals surface area contributed by atoms with Crippen molar-refractivity contribution in [1.29, 1.82) is 0 Å². The molecule has 0 saturated carbocycles. The van der Waals surface area contributed by atoms with Crippen molar-refractivity contribution >= 4 is 34.7 Å². The number of fused-ring (bicyclic) bond motifs is 4. The Bertz CT molecular complexity index is 1620. The topological polar surface area (TPSA) is 99.5 Å². The van der Waals surface area contributed by atoms with Gasteiger partial charge >= 0.3 is 12.2 Å². The minimum atomic E-state index is -0.746. The van der Waals surface area contributed by atoms with Crippen LogP contribution in [-0.2, 0) is 9.47 Å². The summed E-state index contributed by atoms with van der Waals surface area (Å²) in [5.74, 6) is 0.124. The average molecular weight is 512 g/mol. The smallest absolute Gasteiger partial charge is 0.420 e. The summed E-state index contributed by atoms with van der Waals surface area (Å²) in [5, 5.41) is 2.74. The molecule has 0 atom stereocenters. The van der Waals surface area contributed by atoms with E-state index in [1.165, 1.54) is 4.57 Å². The third kappa shape index (κ3) is 4.65. The molecule has 0 fully saturated rings. The van der Waals surface area contributed by atoms with Crippen LogP contribution in [0.3, 0.4) is 0 Å². The van der Waals surface area contributed by atoms with Gasteiger partial charge < -0.3 is 9.47 Å². The van der Waals surface area contributed by atoms with Crippen molar-refractivity contribution in [2.75, 3.05) is 5.32 Å². The molecular formula is C30H29N3O5. The number of aromatic nitrogens is 2. The number of anilines is 1. The number of amides is 1. The molecule has 8 heteroatoms. The van der Waals surface area contributed by atoms with Gasteiger partial charge in [-0.25, -0.2) is 19.1 Å². The van der Waals surface area contributed by atoms with E-state index < -0.39 is 23.4 Å². The van der Waals surface area contributed by atoms with E-state index in [4.69, 9.17) is 14.5 Å². The number of nitrogens with zero attached hydrogens (tertiary/aromatic N) is 2. The van der Waals surface area contributed by atoms with E-state index in [0.29, 0.717) is 44.8 Å². The zero-order valence-corrected chi connectivity index (χ0v) is 22.2. The van der Waals surface area contributed by atoms with Crippen molar-refractivity contribution in [2.45, 2.75) is 52.7 Å². The number of hydrogen-bond donors (Lipinski definition) is 1. The number of nitrogens with one attached hydrogen (secondary N) is 1. The summed E-state index contributed by atoms with van der Waals surface area (Å²) in [7, 11) is 0. The first-order valence-corrected chi connectivity index (χ1v) is 12.4. The molecule has 0 saturated heterocycles. The van der Waals surface area contributed by atoms with Gasteiger partial charge in [-0.3, -0.25) is 10.1 Å². The minimum absolute atomic E-state index is 0.176. The van der Waals surface area contributed by atoms with Crippen molar-refractivity contribution in [1.82, 2.24) is 9.55 Å². The molecule has 1 N–H and O–H groups in total. The fourth-order valence-corrected chi connectivity index (χ4v) is 4.52. The summed E-state index contributed by atoms with van der Waals surface area (Å²) in [4.78, 5) is 44.4. The number of rotatable bonds is 2. The molecule has 5 rings (SSSR count). The molecule has 3 aromatic carbocycles. The largest absolute Gasteiger partial charge is 0.444 e. The Hall–Kier alpha value is -4.46. The molecule has 0 bridgehead atoms. The molecule has 1 aromatic heterocycles. The molecule has 0 radical (unpaired) electrons. The fraction of sp³-hybridized carbons (Fsp3) is 0.267. The number of ether oxygens (including phenoxy) is 2. The van der Waals surface area contributed by atoms with E-state index in [1.807, 2.05) is 30.3 Å². The van der Waals surface area contributed by atoms with Gasteiger partial charge in [0.15, 0.2) is 11.6 Å². The SMILES string of the molecule is CC(C)(C)OC(=O)Nc1cc2c(c(-c3nc4ccccc4n3C(=O)OC(C)(C)C)c1)-c1ccccc1C2=O. The number of carbonyl (C=O) groups is 3. The molecule has 8 nitrogen and oxygen atoms in total. The maximum absolute atomic E-state index is 13.5. The van der Waals surface area contributed by atoms with Crippen LogP contribution in [0, 0.1) is 0 Å². The van der Waals surface area contributed by atoms with Gasteiger partial charge in [0.1, 0.15) is 11.2 Å². The maximum atomic E-state index is 13.5. The molecule has 0 unspecified atom stereocenters. The third-order valence-electron chi connectivity index (χ3n) is 5.85. The van der Waals surface area contributed by atoms with Gasteiger partial charge in [-0.2, -0.15) is 0 Å². The van der Waals surface area contributed by atoms with E-state index in [0.717, 1.165) is 5.56 Å². The first-order valence-electron chi connectivity index (χ1n) is 12.4. The van der Waals surface area contributed by atoms with Gasteiger partial charge in [-0.05, 0) is 71.4 Å². The quantitative estimate of drug-likeness (QED) is 0.273. The molecular weight excluding hydrogens is 482 g/mol. The number of benzene rings is 3. The number of imidazole rings is 1. The Morgan fingerprint density at radius 1 is 0.789 bits per heavy atom. The van der Waals surface area contributed by atoms with Crippen molar-refractivity contribution < 1.29 is 23.9 Å². The summed E-state index contributed by atoms with van der Waals surface area (Å²) in [6.45, 7) is 10.7. The zero-order valence-electron chi connectivity index (χ0n) is 22.2. The van der Waals surface area contributed by atoms with Crippen LogP contribution in [0.2, 0.25) is 0 Å². The van der Waals surface area contributed by atoms with Crippen LogP contribution >= 0.6 is 0 Å². The first-order chi connectivity index (χ1) is 17.8. The molecule has 4 aromatic rings. The Morgan fingerprint density at radius 2 is 1.39 bits per heavy atom. The summed E-state index contributed by atoms with van der Waals surface area (Å²) in [6, 6.07) is 17.9. The van der Waals surface area contributed by atoms with E-state index in [2.05, 4.69) is 5.32 Å². The van der Waals surface area contributed by atoms with Crippen LogP contribution in [0.15, 0.2) is 60.7 Å². The number of hydrogen-bond acceptors (Lipinski definition) is 6. The lowest BCUT2D eigenvalue weighted by molar-refractivity contribution is 0.0545.